The molecule has 3 atom stereocenters. The van der Waals surface area contributed by atoms with Crippen LogP contribution in [0.15, 0.2) is 24.3 Å². The van der Waals surface area contributed by atoms with E-state index in [0.717, 1.165) is 18.4 Å². The number of fused-ring (bicyclic) bond motifs is 1. The minimum atomic E-state index is -0.807. The monoisotopic (exact) mass is 386 g/mol. The molecule has 6 nitrogen and oxygen atoms in total. The number of carbonyl (C=O) groups excluding carboxylic acids is 2. The maximum absolute atomic E-state index is 13.2. The van der Waals surface area contributed by atoms with Gasteiger partial charge in [0.25, 0.3) is 5.91 Å². The summed E-state index contributed by atoms with van der Waals surface area (Å²) in [5.41, 5.74) is 0.610. The zero-order valence-electron chi connectivity index (χ0n) is 16.9. The third-order valence-corrected chi connectivity index (χ3v) is 6.31. The molecule has 1 aliphatic carbocycles. The third kappa shape index (κ3) is 3.77. The van der Waals surface area contributed by atoms with E-state index in [-0.39, 0.29) is 30.2 Å². The van der Waals surface area contributed by atoms with E-state index in [9.17, 15) is 19.5 Å². The normalized spacial score (nSPS) is 24.9. The molecule has 0 aromatic heterocycles. The van der Waals surface area contributed by atoms with Crippen LogP contribution >= 0.6 is 0 Å². The SMILES string of the molecule is Cc1ccccc1C(=O)NC(CC(C)C)C(=O)N1C[C@@H]2CCC[C@@]2(C(=O)O)C1. The van der Waals surface area contributed by atoms with Crippen LogP contribution in [0, 0.1) is 24.2 Å². The average molecular weight is 386 g/mol. The minimum Gasteiger partial charge on any atom is -0.481 e. The molecule has 0 bridgehead atoms. The van der Waals surface area contributed by atoms with Crippen molar-refractivity contribution in [3.8, 4) is 0 Å². The van der Waals surface area contributed by atoms with Crippen LogP contribution in [-0.2, 0) is 9.59 Å². The zero-order chi connectivity index (χ0) is 20.5. The maximum Gasteiger partial charge on any atom is 0.311 e. The standard InChI is InChI=1S/C22H30N2O4/c1-14(2)11-18(23-19(25)17-9-5-4-7-15(17)3)20(26)24-12-16-8-6-10-22(16,13-24)21(27)28/h4-5,7,9,14,16,18H,6,8,10-13H2,1-3H3,(H,23,25)(H,27,28)/t16-,18?,22+/m0/s1. The number of aryl methyl sites for hydroxylation is 1. The number of amides is 2. The molecule has 2 N–H and O–H groups in total. The van der Waals surface area contributed by atoms with Crippen LogP contribution in [0.3, 0.4) is 0 Å². The summed E-state index contributed by atoms with van der Waals surface area (Å²) >= 11 is 0. The summed E-state index contributed by atoms with van der Waals surface area (Å²) < 4.78 is 0. The van der Waals surface area contributed by atoms with Gasteiger partial charge in [0, 0.05) is 18.7 Å². The Balaban J connectivity index is 1.77. The fraction of sp³-hybridized carbons (Fsp3) is 0.591. The number of nitrogens with zero attached hydrogens (tertiary/aromatic N) is 1. The molecule has 1 aliphatic heterocycles. The Hall–Kier alpha value is -2.37. The van der Waals surface area contributed by atoms with Crippen molar-refractivity contribution in [2.24, 2.45) is 17.3 Å². The summed E-state index contributed by atoms with van der Waals surface area (Å²) in [5.74, 6) is -0.980. The molecule has 1 aromatic rings. The Morgan fingerprint density at radius 2 is 2.00 bits per heavy atom. The van der Waals surface area contributed by atoms with Gasteiger partial charge in [-0.05, 0) is 49.7 Å². The first-order valence-corrected chi connectivity index (χ1v) is 10.1. The van der Waals surface area contributed by atoms with Crippen LogP contribution in [-0.4, -0.2) is 46.9 Å². The highest BCUT2D eigenvalue weighted by Gasteiger charge is 2.56. The Morgan fingerprint density at radius 3 is 2.61 bits per heavy atom. The lowest BCUT2D eigenvalue weighted by Crippen LogP contribution is -2.49. The van der Waals surface area contributed by atoms with Crippen molar-refractivity contribution in [2.45, 2.75) is 52.5 Å². The second-order valence-electron chi connectivity index (χ2n) is 8.74. The third-order valence-electron chi connectivity index (χ3n) is 6.31. The molecule has 1 aromatic carbocycles. The molecule has 2 aliphatic rings. The summed E-state index contributed by atoms with van der Waals surface area (Å²) in [5, 5.41) is 12.7. The molecule has 1 saturated heterocycles. The molecule has 1 saturated carbocycles. The lowest BCUT2D eigenvalue weighted by Gasteiger charge is -2.27. The summed E-state index contributed by atoms with van der Waals surface area (Å²) in [6, 6.07) is 6.65. The number of aliphatic carboxylic acids is 1. The Morgan fingerprint density at radius 1 is 1.29 bits per heavy atom. The van der Waals surface area contributed by atoms with Crippen LogP contribution in [0.2, 0.25) is 0 Å². The number of likely N-dealkylation sites (tertiary alicyclic amines) is 1. The van der Waals surface area contributed by atoms with Crippen molar-refractivity contribution in [2.75, 3.05) is 13.1 Å². The van der Waals surface area contributed by atoms with Gasteiger partial charge in [-0.3, -0.25) is 14.4 Å². The van der Waals surface area contributed by atoms with Gasteiger partial charge in [0.1, 0.15) is 6.04 Å². The molecule has 6 heteroatoms. The molecule has 1 unspecified atom stereocenters. The van der Waals surface area contributed by atoms with E-state index < -0.39 is 17.4 Å². The topological polar surface area (TPSA) is 86.7 Å². The van der Waals surface area contributed by atoms with Gasteiger partial charge >= 0.3 is 5.97 Å². The van der Waals surface area contributed by atoms with Gasteiger partial charge in [-0.2, -0.15) is 0 Å². The molecule has 28 heavy (non-hydrogen) atoms. The van der Waals surface area contributed by atoms with Crippen molar-refractivity contribution < 1.29 is 19.5 Å². The maximum atomic E-state index is 13.2. The number of carboxylic acids is 1. The van der Waals surface area contributed by atoms with Gasteiger partial charge in [0.05, 0.1) is 5.41 Å². The van der Waals surface area contributed by atoms with Crippen molar-refractivity contribution in [1.82, 2.24) is 10.2 Å². The van der Waals surface area contributed by atoms with Crippen LogP contribution in [0.4, 0.5) is 0 Å². The Labute approximate surface area is 166 Å². The van der Waals surface area contributed by atoms with Crippen LogP contribution < -0.4 is 5.32 Å². The number of hydrogen-bond acceptors (Lipinski definition) is 3. The molecular weight excluding hydrogens is 356 g/mol. The van der Waals surface area contributed by atoms with E-state index in [1.54, 1.807) is 17.0 Å². The van der Waals surface area contributed by atoms with Crippen LogP contribution in [0.1, 0.15) is 55.5 Å². The number of rotatable bonds is 6. The summed E-state index contributed by atoms with van der Waals surface area (Å²) in [6.45, 7) is 6.61. The predicted molar refractivity (Wildman–Crippen MR) is 106 cm³/mol. The average Bonchev–Trinajstić information content (AvgIpc) is 3.19. The molecule has 3 rings (SSSR count). The number of nitrogens with one attached hydrogen (secondary N) is 1. The highest BCUT2D eigenvalue weighted by molar-refractivity contribution is 5.98. The van der Waals surface area contributed by atoms with Crippen molar-refractivity contribution in [3.05, 3.63) is 35.4 Å². The number of benzene rings is 1. The van der Waals surface area contributed by atoms with Gasteiger partial charge in [-0.15, -0.1) is 0 Å². The zero-order valence-corrected chi connectivity index (χ0v) is 16.9. The predicted octanol–water partition coefficient (Wildman–Crippen LogP) is 2.85. The molecule has 0 radical (unpaired) electrons. The lowest BCUT2D eigenvalue weighted by molar-refractivity contribution is -0.149. The van der Waals surface area contributed by atoms with Gasteiger partial charge < -0.3 is 15.3 Å². The fourth-order valence-electron chi connectivity index (χ4n) is 4.78. The van der Waals surface area contributed by atoms with Crippen LogP contribution in [0.5, 0.6) is 0 Å². The summed E-state index contributed by atoms with van der Waals surface area (Å²) in [7, 11) is 0. The lowest BCUT2D eigenvalue weighted by atomic mass is 9.81. The molecule has 2 amide bonds. The van der Waals surface area contributed by atoms with E-state index in [1.807, 2.05) is 32.9 Å². The highest BCUT2D eigenvalue weighted by atomic mass is 16.4. The number of hydrogen-bond donors (Lipinski definition) is 2. The molecule has 152 valence electrons. The number of carboxylic acid groups (broad SMARTS) is 1. The fourth-order valence-corrected chi connectivity index (χ4v) is 4.78. The number of carbonyl (C=O) groups is 3. The van der Waals surface area contributed by atoms with Gasteiger partial charge in [0.15, 0.2) is 0 Å². The van der Waals surface area contributed by atoms with Gasteiger partial charge in [-0.25, -0.2) is 0 Å². The summed E-state index contributed by atoms with van der Waals surface area (Å²) in [6.07, 6.45) is 2.90. The van der Waals surface area contributed by atoms with Crippen molar-refractivity contribution in [1.29, 1.82) is 0 Å². The highest BCUT2D eigenvalue weighted by Crippen LogP contribution is 2.49. The molecular formula is C22H30N2O4. The molecule has 0 spiro atoms. The van der Waals surface area contributed by atoms with E-state index in [4.69, 9.17) is 0 Å². The second-order valence-corrected chi connectivity index (χ2v) is 8.74. The van der Waals surface area contributed by atoms with Crippen molar-refractivity contribution in [3.63, 3.8) is 0 Å². The summed E-state index contributed by atoms with van der Waals surface area (Å²) in [4.78, 5) is 39.6. The first kappa shape index (κ1) is 20.4. The molecule has 2 fully saturated rings. The Bertz CT molecular complexity index is 776. The smallest absolute Gasteiger partial charge is 0.311 e. The Kier molecular flexibility index (Phi) is 5.77. The van der Waals surface area contributed by atoms with Gasteiger partial charge in [-0.1, -0.05) is 38.5 Å². The van der Waals surface area contributed by atoms with Gasteiger partial charge in [0.2, 0.25) is 5.91 Å². The molecule has 1 heterocycles. The second kappa shape index (κ2) is 7.94. The van der Waals surface area contributed by atoms with E-state index in [2.05, 4.69) is 5.32 Å². The van der Waals surface area contributed by atoms with E-state index in [1.165, 1.54) is 0 Å². The van der Waals surface area contributed by atoms with E-state index in [0.29, 0.717) is 24.9 Å². The van der Waals surface area contributed by atoms with Crippen molar-refractivity contribution >= 4 is 17.8 Å². The largest absolute Gasteiger partial charge is 0.481 e. The van der Waals surface area contributed by atoms with Crippen LogP contribution in [0.25, 0.3) is 0 Å². The quantitative estimate of drug-likeness (QED) is 0.787. The van der Waals surface area contributed by atoms with E-state index >= 15 is 0 Å². The minimum absolute atomic E-state index is 0.0146. The first-order valence-electron chi connectivity index (χ1n) is 10.1. The first-order chi connectivity index (χ1) is 13.2.